The van der Waals surface area contributed by atoms with Crippen molar-refractivity contribution in [3.63, 3.8) is 0 Å². The summed E-state index contributed by atoms with van der Waals surface area (Å²) in [6, 6.07) is 14.8. The molecule has 2 amide bonds. The first-order valence-corrected chi connectivity index (χ1v) is 16.1. The Morgan fingerprint density at radius 3 is 2.04 bits per heavy atom. The Balaban J connectivity index is 2.11. The minimum Gasteiger partial charge on any atom is -0.444 e. The van der Waals surface area contributed by atoms with Gasteiger partial charge in [0.15, 0.2) is 21.3 Å². The Morgan fingerprint density at radius 2 is 1.52 bits per heavy atom. The van der Waals surface area contributed by atoms with Crippen LogP contribution in [0.25, 0.3) is 0 Å². The first-order valence-electron chi connectivity index (χ1n) is 14.2. The molecule has 0 heterocycles. The summed E-state index contributed by atoms with van der Waals surface area (Å²) in [7, 11) is -2.72. The molecule has 0 aliphatic rings. The number of carbonyl (C=O) groups is 3. The van der Waals surface area contributed by atoms with Gasteiger partial charge in [-0.25, -0.2) is 22.0 Å². The van der Waals surface area contributed by atoms with Crippen LogP contribution in [-0.2, 0) is 32.3 Å². The van der Waals surface area contributed by atoms with Crippen molar-refractivity contribution in [1.29, 1.82) is 0 Å². The number of ketones is 1. The topological polar surface area (TPSA) is 139 Å². The van der Waals surface area contributed by atoms with Crippen LogP contribution in [-0.4, -0.2) is 73.5 Å². The number of hydrogen-bond donors (Lipinski definition) is 2. The summed E-state index contributed by atoms with van der Waals surface area (Å²) >= 11 is 0. The number of methoxy groups -OCH3 is 1. The van der Waals surface area contributed by atoms with E-state index in [2.05, 4.69) is 5.32 Å². The number of ether oxygens (including phenoxy) is 2. The molecule has 2 N–H and O–H groups in total. The van der Waals surface area contributed by atoms with Crippen molar-refractivity contribution in [1.82, 2.24) is 10.2 Å². The molecule has 0 aromatic heterocycles. The molecule has 3 aromatic rings. The number of aliphatic hydroxyl groups is 1. The van der Waals surface area contributed by atoms with E-state index in [0.717, 1.165) is 37.6 Å². The zero-order chi connectivity index (χ0) is 34.4. The van der Waals surface area contributed by atoms with E-state index in [1.54, 1.807) is 51.1 Å². The summed E-state index contributed by atoms with van der Waals surface area (Å²) in [4.78, 5) is 40.1. The Kier molecular flexibility index (Phi) is 11.4. The fourth-order valence-electron chi connectivity index (χ4n) is 4.62. The van der Waals surface area contributed by atoms with Gasteiger partial charge in [0, 0.05) is 43.5 Å². The van der Waals surface area contributed by atoms with Crippen molar-refractivity contribution in [3.8, 4) is 0 Å². The lowest BCUT2D eigenvalue weighted by molar-refractivity contribution is -0.125. The monoisotopic (exact) mass is 660 g/mol. The Bertz CT molecular complexity index is 1670. The van der Waals surface area contributed by atoms with Crippen LogP contribution in [0.3, 0.4) is 0 Å². The number of nitrogens with zero attached hydrogens (tertiary/aromatic N) is 1. The maximum absolute atomic E-state index is 14.2. The van der Waals surface area contributed by atoms with Crippen molar-refractivity contribution in [2.24, 2.45) is 0 Å². The van der Waals surface area contributed by atoms with Crippen LogP contribution in [0.4, 0.5) is 13.6 Å². The molecular formula is C33H38F2N2O8S. The number of Topliss-reactive ketones (excluding diaryl/α,β-unsaturated/α-hetero) is 1. The highest BCUT2D eigenvalue weighted by Gasteiger charge is 2.42. The smallest absolute Gasteiger partial charge is 0.410 e. The van der Waals surface area contributed by atoms with Gasteiger partial charge in [-0.3, -0.25) is 9.59 Å². The zero-order valence-electron chi connectivity index (χ0n) is 26.5. The average molecular weight is 661 g/mol. The number of carbonyl (C=O) groups excluding carboxylic acids is 3. The van der Waals surface area contributed by atoms with Gasteiger partial charge in [-0.15, -0.1) is 0 Å². The SMILES string of the molecule is CO[C@](Cc1cc(F)cc(F)c1)(NC(=O)c1cc(C(C)=O)cc(S(C)(=O)=O)c1)[C@H](O)CN(Cc1ccccc1)C(=O)OC(C)(C)C. The van der Waals surface area contributed by atoms with E-state index in [1.807, 2.05) is 0 Å². The van der Waals surface area contributed by atoms with Crippen LogP contribution < -0.4 is 5.32 Å². The van der Waals surface area contributed by atoms with E-state index in [4.69, 9.17) is 9.47 Å². The van der Waals surface area contributed by atoms with E-state index >= 15 is 0 Å². The van der Waals surface area contributed by atoms with Gasteiger partial charge >= 0.3 is 6.09 Å². The van der Waals surface area contributed by atoms with Crippen LogP contribution in [0.2, 0.25) is 0 Å². The number of rotatable bonds is 12. The van der Waals surface area contributed by atoms with E-state index < -0.39 is 69.7 Å². The van der Waals surface area contributed by atoms with Crippen LogP contribution in [0.5, 0.6) is 0 Å². The molecule has 0 fully saturated rings. The lowest BCUT2D eigenvalue weighted by atomic mass is 9.95. The minimum atomic E-state index is -3.86. The minimum absolute atomic E-state index is 0.0140. The molecule has 248 valence electrons. The fraction of sp³-hybridized carbons (Fsp3) is 0.364. The second-order valence-corrected chi connectivity index (χ2v) is 14.0. The maximum atomic E-state index is 14.2. The largest absolute Gasteiger partial charge is 0.444 e. The average Bonchev–Trinajstić information content (AvgIpc) is 2.94. The molecule has 46 heavy (non-hydrogen) atoms. The van der Waals surface area contributed by atoms with Gasteiger partial charge in [-0.1, -0.05) is 30.3 Å². The van der Waals surface area contributed by atoms with Gasteiger partial charge < -0.3 is 24.8 Å². The van der Waals surface area contributed by atoms with Crippen molar-refractivity contribution in [2.45, 2.75) is 63.0 Å². The molecule has 2 atom stereocenters. The number of benzene rings is 3. The van der Waals surface area contributed by atoms with Crippen molar-refractivity contribution in [2.75, 3.05) is 19.9 Å². The van der Waals surface area contributed by atoms with E-state index in [0.29, 0.717) is 11.6 Å². The van der Waals surface area contributed by atoms with Gasteiger partial charge in [-0.05, 0) is 69.2 Å². The van der Waals surface area contributed by atoms with Gasteiger partial charge in [0.2, 0.25) is 0 Å². The third-order valence-electron chi connectivity index (χ3n) is 6.88. The fourth-order valence-corrected chi connectivity index (χ4v) is 5.30. The molecule has 13 heteroatoms. The molecule has 0 unspecified atom stereocenters. The number of amides is 2. The third-order valence-corrected chi connectivity index (χ3v) is 7.97. The summed E-state index contributed by atoms with van der Waals surface area (Å²) in [5, 5.41) is 14.3. The quantitative estimate of drug-likeness (QED) is 0.211. The van der Waals surface area contributed by atoms with Crippen molar-refractivity contribution < 1.29 is 46.2 Å². The summed E-state index contributed by atoms with van der Waals surface area (Å²) in [6.45, 7) is 5.69. The number of sulfone groups is 1. The van der Waals surface area contributed by atoms with Crippen molar-refractivity contribution >= 4 is 27.6 Å². The first kappa shape index (κ1) is 36.3. The van der Waals surface area contributed by atoms with Gasteiger partial charge in [-0.2, -0.15) is 0 Å². The number of hydrogen-bond acceptors (Lipinski definition) is 8. The Labute approximate surface area is 267 Å². The predicted molar refractivity (Wildman–Crippen MR) is 166 cm³/mol. The van der Waals surface area contributed by atoms with E-state index in [9.17, 15) is 36.7 Å². The molecule has 0 radical (unpaired) electrons. The first-order chi connectivity index (χ1) is 21.3. The Morgan fingerprint density at radius 1 is 0.935 bits per heavy atom. The number of nitrogens with one attached hydrogen (secondary N) is 1. The molecule has 0 bridgehead atoms. The zero-order valence-corrected chi connectivity index (χ0v) is 27.3. The normalized spacial score (nSPS) is 13.8. The summed E-state index contributed by atoms with van der Waals surface area (Å²) in [5.74, 6) is -3.33. The van der Waals surface area contributed by atoms with Crippen LogP contribution in [0.15, 0.2) is 71.6 Å². The van der Waals surface area contributed by atoms with Crippen LogP contribution in [0, 0.1) is 11.6 Å². The molecular weight excluding hydrogens is 622 g/mol. The highest BCUT2D eigenvalue weighted by atomic mass is 32.2. The molecule has 0 saturated carbocycles. The molecule has 0 spiro atoms. The highest BCUT2D eigenvalue weighted by Crippen LogP contribution is 2.25. The second-order valence-electron chi connectivity index (χ2n) is 11.9. The summed E-state index contributed by atoms with van der Waals surface area (Å²) in [5.41, 5.74) is -2.70. The second kappa shape index (κ2) is 14.5. The predicted octanol–water partition coefficient (Wildman–Crippen LogP) is 4.68. The summed E-state index contributed by atoms with van der Waals surface area (Å²) < 4.78 is 64.4. The summed E-state index contributed by atoms with van der Waals surface area (Å²) in [6.07, 6.45) is -2.14. The number of aliphatic hydroxyl groups excluding tert-OH is 1. The standard InChI is InChI=1S/C33H38F2N2O8S/c1-21(38)24-14-25(16-28(15-24)46(6,42)43)30(40)36-33(44-5,18-23-12-26(34)17-27(35)13-23)29(39)20-37(31(41)45-32(2,3)4)19-22-10-8-7-9-11-22/h7-17,29,39H,18-20H2,1-6H3,(H,36,40)/t29-,33+/m1/s1. The third kappa shape index (κ3) is 9.90. The van der Waals surface area contributed by atoms with Gasteiger partial charge in [0.05, 0.1) is 11.4 Å². The molecule has 0 aliphatic carbocycles. The lowest BCUT2D eigenvalue weighted by Gasteiger charge is -2.40. The van der Waals surface area contributed by atoms with Gasteiger partial charge in [0.1, 0.15) is 23.3 Å². The Hall–Kier alpha value is -4.20. The number of halogens is 2. The maximum Gasteiger partial charge on any atom is 0.410 e. The van der Waals surface area contributed by atoms with E-state index in [1.165, 1.54) is 17.9 Å². The van der Waals surface area contributed by atoms with Crippen molar-refractivity contribution in [3.05, 3.63) is 101 Å². The van der Waals surface area contributed by atoms with Gasteiger partial charge in [0.25, 0.3) is 5.91 Å². The molecule has 10 nitrogen and oxygen atoms in total. The highest BCUT2D eigenvalue weighted by molar-refractivity contribution is 7.90. The van der Waals surface area contributed by atoms with Crippen LogP contribution in [0.1, 0.15) is 59.5 Å². The van der Waals surface area contributed by atoms with E-state index in [-0.39, 0.29) is 28.1 Å². The van der Waals surface area contributed by atoms with Crippen LogP contribution >= 0.6 is 0 Å². The molecule has 3 aromatic carbocycles. The molecule has 0 saturated heterocycles. The lowest BCUT2D eigenvalue weighted by Crippen LogP contribution is -2.62. The molecule has 0 aliphatic heterocycles. The molecule has 3 rings (SSSR count).